The monoisotopic (exact) mass is 777 g/mol. The lowest BCUT2D eigenvalue weighted by atomic mass is 9.65. The van der Waals surface area contributed by atoms with Crippen molar-refractivity contribution in [2.75, 3.05) is 0 Å². The minimum Gasteiger partial charge on any atom is -0.456 e. The Morgan fingerprint density at radius 1 is 0.393 bits per heavy atom. The molecule has 1 spiro atoms. The molecule has 284 valence electrons. The average molecular weight is 778 g/mol. The number of hydrogen-bond acceptors (Lipinski definition) is 3. The maximum atomic E-state index is 7.05. The number of fused-ring (bicyclic) bond motifs is 14. The van der Waals surface area contributed by atoms with E-state index in [1.807, 2.05) is 6.07 Å². The Balaban J connectivity index is 1.04. The number of rotatable bonds is 4. The minimum absolute atomic E-state index is 0.632. The van der Waals surface area contributed by atoms with Crippen LogP contribution in [0.25, 0.3) is 83.3 Å². The first-order valence-corrected chi connectivity index (χ1v) is 20.8. The highest BCUT2D eigenvalue weighted by atomic mass is 16.5. The van der Waals surface area contributed by atoms with E-state index < -0.39 is 5.41 Å². The first-order chi connectivity index (χ1) is 30.2. The van der Waals surface area contributed by atoms with Gasteiger partial charge in [-0.05, 0) is 76.2 Å². The van der Waals surface area contributed by atoms with Crippen LogP contribution in [0.1, 0.15) is 22.3 Å². The van der Waals surface area contributed by atoms with Crippen molar-refractivity contribution >= 4 is 32.6 Å². The summed E-state index contributed by atoms with van der Waals surface area (Å²) in [6, 6.07) is 75.8. The van der Waals surface area contributed by atoms with Gasteiger partial charge in [-0.2, -0.15) is 0 Å². The largest absolute Gasteiger partial charge is 0.456 e. The summed E-state index contributed by atoms with van der Waals surface area (Å²) in [7, 11) is 0. The maximum absolute atomic E-state index is 7.05. The van der Waals surface area contributed by atoms with Crippen molar-refractivity contribution in [1.29, 1.82) is 0 Å². The third-order valence-electron chi connectivity index (χ3n) is 12.9. The predicted octanol–water partition coefficient (Wildman–Crippen LogP) is 14.2. The third kappa shape index (κ3) is 4.87. The van der Waals surface area contributed by atoms with Crippen molar-refractivity contribution in [2.24, 2.45) is 0 Å². The molecule has 9 aromatic carbocycles. The molecule has 0 N–H and O–H groups in total. The Kier molecular flexibility index (Phi) is 7.19. The fourth-order valence-electron chi connectivity index (χ4n) is 10.3. The molecule has 13 rings (SSSR count). The average Bonchev–Trinajstić information content (AvgIpc) is 3.83. The van der Waals surface area contributed by atoms with Crippen molar-refractivity contribution in [1.82, 2.24) is 14.5 Å². The van der Waals surface area contributed by atoms with E-state index >= 15 is 0 Å². The molecule has 2 aliphatic rings. The maximum Gasteiger partial charge on any atom is 0.160 e. The second kappa shape index (κ2) is 13.0. The number of hydrogen-bond donors (Lipinski definition) is 0. The zero-order chi connectivity index (χ0) is 40.1. The van der Waals surface area contributed by atoms with Gasteiger partial charge < -0.3 is 9.30 Å². The number of nitrogens with zero attached hydrogens (tertiary/aromatic N) is 3. The van der Waals surface area contributed by atoms with E-state index in [1.54, 1.807) is 0 Å². The Labute approximate surface area is 352 Å². The number of para-hydroxylation sites is 2. The van der Waals surface area contributed by atoms with E-state index in [2.05, 4.69) is 211 Å². The molecule has 11 aromatic rings. The molecule has 0 unspecified atom stereocenters. The molecule has 0 amide bonds. The number of ether oxygens (including phenoxy) is 1. The van der Waals surface area contributed by atoms with Crippen molar-refractivity contribution in [3.63, 3.8) is 0 Å². The van der Waals surface area contributed by atoms with Gasteiger partial charge in [0.25, 0.3) is 0 Å². The normalized spacial score (nSPS) is 13.2. The first kappa shape index (κ1) is 33.8. The lowest BCUT2D eigenvalue weighted by Crippen LogP contribution is -2.32. The molecule has 0 bridgehead atoms. The fraction of sp³-hybridized carbons (Fsp3) is 0.0175. The van der Waals surface area contributed by atoms with Crippen LogP contribution in [0.4, 0.5) is 0 Å². The van der Waals surface area contributed by atoms with Crippen molar-refractivity contribution in [3.05, 3.63) is 235 Å². The second-order valence-electron chi connectivity index (χ2n) is 16.1. The molecule has 1 aliphatic carbocycles. The zero-order valence-electron chi connectivity index (χ0n) is 33.0. The summed E-state index contributed by atoms with van der Waals surface area (Å²) >= 11 is 0. The molecule has 2 aromatic heterocycles. The molecule has 0 fully saturated rings. The smallest absolute Gasteiger partial charge is 0.160 e. The van der Waals surface area contributed by atoms with Crippen molar-refractivity contribution < 1.29 is 4.74 Å². The number of aromatic nitrogens is 3. The lowest BCUT2D eigenvalue weighted by Gasteiger charge is -2.40. The molecule has 61 heavy (non-hydrogen) atoms. The van der Waals surface area contributed by atoms with Gasteiger partial charge in [-0.25, -0.2) is 9.97 Å². The first-order valence-electron chi connectivity index (χ1n) is 20.8. The highest BCUT2D eigenvalue weighted by Crippen LogP contribution is 2.63. The van der Waals surface area contributed by atoms with E-state index in [0.29, 0.717) is 5.82 Å². The minimum atomic E-state index is -0.632. The van der Waals surface area contributed by atoms with Gasteiger partial charge in [-0.1, -0.05) is 164 Å². The van der Waals surface area contributed by atoms with Gasteiger partial charge >= 0.3 is 0 Å². The van der Waals surface area contributed by atoms with E-state index in [9.17, 15) is 0 Å². The van der Waals surface area contributed by atoms with E-state index in [0.717, 1.165) is 67.2 Å². The Morgan fingerprint density at radius 2 is 1.00 bits per heavy atom. The molecule has 4 heteroatoms. The number of benzene rings is 9. The van der Waals surface area contributed by atoms with Crippen LogP contribution < -0.4 is 4.74 Å². The van der Waals surface area contributed by atoms with Gasteiger partial charge in [-0.3, -0.25) is 0 Å². The van der Waals surface area contributed by atoms with Crippen LogP contribution in [0.5, 0.6) is 11.5 Å². The van der Waals surface area contributed by atoms with Gasteiger partial charge in [0, 0.05) is 49.7 Å². The van der Waals surface area contributed by atoms with Gasteiger partial charge in [0.15, 0.2) is 5.82 Å². The summed E-state index contributed by atoms with van der Waals surface area (Å²) < 4.78 is 9.41. The Morgan fingerprint density at radius 3 is 1.74 bits per heavy atom. The molecule has 0 saturated heterocycles. The van der Waals surface area contributed by atoms with Crippen LogP contribution in [0.3, 0.4) is 0 Å². The summed E-state index contributed by atoms with van der Waals surface area (Å²) in [5.41, 5.74) is 14.6. The van der Waals surface area contributed by atoms with Crippen LogP contribution in [-0.2, 0) is 5.41 Å². The summed E-state index contributed by atoms with van der Waals surface area (Å²) in [6.45, 7) is 0. The molecule has 4 nitrogen and oxygen atoms in total. The van der Waals surface area contributed by atoms with Crippen LogP contribution in [0.2, 0.25) is 0 Å². The Hall–Kier alpha value is -8.08. The highest BCUT2D eigenvalue weighted by molar-refractivity contribution is 6.09. The molecular formula is C57H35N3O. The molecule has 0 atom stereocenters. The molecule has 0 radical (unpaired) electrons. The quantitative estimate of drug-likeness (QED) is 0.179. The SMILES string of the molecule is c1ccc(-c2cc(-c3cccc(-n4c5ccccc5c5ccccc54)c3)nc(-c3ccc4c(c3)C3(c5ccccc5-c5ccccc53)c3ccc5ccccc5c3O4)n2)cc1. The summed E-state index contributed by atoms with van der Waals surface area (Å²) in [6.07, 6.45) is 0. The van der Waals surface area contributed by atoms with E-state index in [4.69, 9.17) is 14.7 Å². The van der Waals surface area contributed by atoms with E-state index in [-0.39, 0.29) is 0 Å². The topological polar surface area (TPSA) is 39.9 Å². The molecule has 1 aliphatic heterocycles. The van der Waals surface area contributed by atoms with Crippen LogP contribution >= 0.6 is 0 Å². The summed E-state index contributed by atoms with van der Waals surface area (Å²) in [5, 5.41) is 4.72. The van der Waals surface area contributed by atoms with Crippen LogP contribution in [0.15, 0.2) is 212 Å². The summed E-state index contributed by atoms with van der Waals surface area (Å²) in [4.78, 5) is 10.8. The summed E-state index contributed by atoms with van der Waals surface area (Å²) in [5.74, 6) is 2.38. The standard InChI is InChI=1S/C57H35N3O/c1-2-16-37(17-3-1)50-35-51(38-18-14-19-40(33-38)60-52-27-12-8-23-44(52)45-24-9-13-28-53(45)60)59-56(58-50)39-30-32-54-49(34-39)57(48-31-29-36-15-4-5-20-41(36)55(48)61-54)46-25-10-6-21-42(46)43-22-7-11-26-47(43)57/h1-35H. The molecule has 0 saturated carbocycles. The van der Waals surface area contributed by atoms with Crippen LogP contribution in [0, 0.1) is 0 Å². The third-order valence-corrected chi connectivity index (χ3v) is 12.9. The van der Waals surface area contributed by atoms with Gasteiger partial charge in [-0.15, -0.1) is 0 Å². The van der Waals surface area contributed by atoms with Gasteiger partial charge in [0.2, 0.25) is 0 Å². The highest BCUT2D eigenvalue weighted by Gasteiger charge is 2.51. The van der Waals surface area contributed by atoms with Crippen LogP contribution in [-0.4, -0.2) is 14.5 Å². The molecular weight excluding hydrogens is 743 g/mol. The predicted molar refractivity (Wildman–Crippen MR) is 248 cm³/mol. The van der Waals surface area contributed by atoms with Crippen molar-refractivity contribution in [3.8, 4) is 62.2 Å². The zero-order valence-corrected chi connectivity index (χ0v) is 33.0. The lowest BCUT2D eigenvalue weighted by molar-refractivity contribution is 0.442. The second-order valence-corrected chi connectivity index (χ2v) is 16.1. The van der Waals surface area contributed by atoms with Gasteiger partial charge in [0.05, 0.1) is 27.8 Å². The van der Waals surface area contributed by atoms with Gasteiger partial charge in [0.1, 0.15) is 11.5 Å². The van der Waals surface area contributed by atoms with E-state index in [1.165, 1.54) is 44.1 Å². The van der Waals surface area contributed by atoms with Crippen molar-refractivity contribution in [2.45, 2.75) is 5.41 Å². The fourth-order valence-corrected chi connectivity index (χ4v) is 10.3. The Bertz CT molecular complexity index is 3490. The molecule has 3 heterocycles.